The van der Waals surface area contributed by atoms with Crippen molar-refractivity contribution in [2.75, 3.05) is 0 Å². The summed E-state index contributed by atoms with van der Waals surface area (Å²) in [6.07, 6.45) is 8.79. The van der Waals surface area contributed by atoms with Crippen LogP contribution in [0.4, 0.5) is 0 Å². The summed E-state index contributed by atoms with van der Waals surface area (Å²) in [5.74, 6) is 3.27. The minimum atomic E-state index is -0.136. The van der Waals surface area contributed by atoms with E-state index in [1.54, 1.807) is 0 Å². The van der Waals surface area contributed by atoms with Crippen molar-refractivity contribution >= 4 is 0 Å². The van der Waals surface area contributed by atoms with Crippen LogP contribution in [0.25, 0.3) is 0 Å². The lowest BCUT2D eigenvalue weighted by atomic mass is 9.82. The van der Waals surface area contributed by atoms with Gasteiger partial charge in [-0.3, -0.25) is 0 Å². The van der Waals surface area contributed by atoms with Gasteiger partial charge in [0.25, 0.3) is 0 Å². The second-order valence-corrected chi connectivity index (χ2v) is 7.06. The summed E-state index contributed by atoms with van der Waals surface area (Å²) in [5, 5.41) is 9.36. The lowest BCUT2D eigenvalue weighted by Gasteiger charge is -2.25. The van der Waals surface area contributed by atoms with E-state index in [0.29, 0.717) is 0 Å². The van der Waals surface area contributed by atoms with Crippen LogP contribution >= 0.6 is 0 Å². The van der Waals surface area contributed by atoms with E-state index in [9.17, 15) is 5.11 Å². The monoisotopic (exact) mass is 270 g/mol. The molecule has 0 heterocycles. The smallest absolute Gasteiger partial charge is 0.0512 e. The van der Waals surface area contributed by atoms with Gasteiger partial charge in [-0.15, -0.1) is 0 Å². The molecule has 0 fully saturated rings. The summed E-state index contributed by atoms with van der Waals surface area (Å²) in [7, 11) is 0. The second-order valence-electron chi connectivity index (χ2n) is 7.06. The predicted octanol–water partition coefficient (Wildman–Crippen LogP) is 5.66. The van der Waals surface area contributed by atoms with E-state index < -0.39 is 0 Å². The predicted molar refractivity (Wildman–Crippen MR) is 86.3 cm³/mol. The molecule has 0 bridgehead atoms. The molecule has 0 spiro atoms. The van der Waals surface area contributed by atoms with Crippen LogP contribution in [0.15, 0.2) is 0 Å². The van der Waals surface area contributed by atoms with E-state index in [0.717, 1.165) is 30.1 Å². The van der Waals surface area contributed by atoms with Gasteiger partial charge in [0.1, 0.15) is 0 Å². The standard InChI is InChI=1S/C18H38O/c1-7-8-9-14(2)15(3)10-11-16(4)17(5)12-13-18(6)19/h14-19H,7-13H2,1-6H3. The Balaban J connectivity index is 3.83. The summed E-state index contributed by atoms with van der Waals surface area (Å²) in [5.41, 5.74) is 0. The van der Waals surface area contributed by atoms with Gasteiger partial charge in [-0.25, -0.2) is 0 Å². The number of aliphatic hydroxyl groups is 1. The van der Waals surface area contributed by atoms with Crippen molar-refractivity contribution < 1.29 is 5.11 Å². The van der Waals surface area contributed by atoms with Crippen LogP contribution in [0.5, 0.6) is 0 Å². The van der Waals surface area contributed by atoms with Crippen LogP contribution in [0.1, 0.15) is 86.5 Å². The van der Waals surface area contributed by atoms with Crippen LogP contribution in [0, 0.1) is 23.7 Å². The van der Waals surface area contributed by atoms with Crippen molar-refractivity contribution in [1.82, 2.24) is 0 Å². The SMILES string of the molecule is CCCCC(C)C(C)CCC(C)C(C)CCC(C)O. The third-order valence-electron chi connectivity index (χ3n) is 5.07. The molecule has 0 saturated carbocycles. The maximum atomic E-state index is 9.36. The first-order chi connectivity index (χ1) is 8.88. The average Bonchev–Trinajstić information content (AvgIpc) is 2.38. The first kappa shape index (κ1) is 19.0. The Bertz CT molecular complexity index is 200. The van der Waals surface area contributed by atoms with E-state index in [1.807, 2.05) is 6.92 Å². The van der Waals surface area contributed by atoms with Crippen molar-refractivity contribution in [2.24, 2.45) is 23.7 Å². The Morgan fingerprint density at radius 2 is 1.00 bits per heavy atom. The molecule has 0 saturated heterocycles. The third-order valence-corrected chi connectivity index (χ3v) is 5.07. The van der Waals surface area contributed by atoms with Crippen LogP contribution in [0.3, 0.4) is 0 Å². The molecule has 116 valence electrons. The number of rotatable bonds is 11. The highest BCUT2D eigenvalue weighted by Crippen LogP contribution is 2.28. The van der Waals surface area contributed by atoms with Crippen molar-refractivity contribution in [3.8, 4) is 0 Å². The van der Waals surface area contributed by atoms with Gasteiger partial charge in [0, 0.05) is 0 Å². The summed E-state index contributed by atoms with van der Waals surface area (Å²) < 4.78 is 0. The lowest BCUT2D eigenvalue weighted by Crippen LogP contribution is -2.14. The fraction of sp³-hybridized carbons (Fsp3) is 1.00. The topological polar surface area (TPSA) is 20.2 Å². The van der Waals surface area contributed by atoms with Crippen LogP contribution < -0.4 is 0 Å². The molecule has 5 atom stereocenters. The number of hydrogen-bond acceptors (Lipinski definition) is 1. The summed E-state index contributed by atoms with van der Waals surface area (Å²) in [6, 6.07) is 0. The Kier molecular flexibility index (Phi) is 10.7. The zero-order valence-corrected chi connectivity index (χ0v) is 14.3. The zero-order valence-electron chi connectivity index (χ0n) is 14.3. The molecular formula is C18H38O. The van der Waals surface area contributed by atoms with Crippen LogP contribution in [0.2, 0.25) is 0 Å². The highest BCUT2D eigenvalue weighted by molar-refractivity contribution is 4.68. The summed E-state index contributed by atoms with van der Waals surface area (Å²) in [6.45, 7) is 13.8. The fourth-order valence-corrected chi connectivity index (χ4v) is 2.69. The minimum Gasteiger partial charge on any atom is -0.393 e. The molecule has 0 radical (unpaired) electrons. The molecule has 0 rings (SSSR count). The lowest BCUT2D eigenvalue weighted by molar-refractivity contribution is 0.165. The molecule has 0 aliphatic heterocycles. The van der Waals surface area contributed by atoms with Gasteiger partial charge in [-0.2, -0.15) is 0 Å². The third kappa shape index (κ3) is 9.49. The number of unbranched alkanes of at least 4 members (excludes halogenated alkanes) is 1. The molecule has 19 heavy (non-hydrogen) atoms. The molecule has 0 aliphatic carbocycles. The van der Waals surface area contributed by atoms with Crippen LogP contribution in [-0.4, -0.2) is 11.2 Å². The van der Waals surface area contributed by atoms with Crippen LogP contribution in [-0.2, 0) is 0 Å². The maximum absolute atomic E-state index is 9.36. The number of aliphatic hydroxyl groups excluding tert-OH is 1. The maximum Gasteiger partial charge on any atom is 0.0512 e. The minimum absolute atomic E-state index is 0.136. The molecule has 0 aromatic carbocycles. The molecule has 0 aromatic heterocycles. The van der Waals surface area contributed by atoms with E-state index in [1.165, 1.54) is 38.5 Å². The first-order valence-corrected chi connectivity index (χ1v) is 8.56. The van der Waals surface area contributed by atoms with E-state index >= 15 is 0 Å². The quantitative estimate of drug-likeness (QED) is 0.513. The van der Waals surface area contributed by atoms with Crippen molar-refractivity contribution in [3.63, 3.8) is 0 Å². The van der Waals surface area contributed by atoms with Gasteiger partial charge >= 0.3 is 0 Å². The molecule has 1 N–H and O–H groups in total. The Labute approximate surface area is 122 Å². The average molecular weight is 271 g/mol. The molecular weight excluding hydrogens is 232 g/mol. The highest BCUT2D eigenvalue weighted by Gasteiger charge is 2.17. The van der Waals surface area contributed by atoms with Gasteiger partial charge in [0.2, 0.25) is 0 Å². The van der Waals surface area contributed by atoms with Crippen molar-refractivity contribution in [1.29, 1.82) is 0 Å². The Morgan fingerprint density at radius 1 is 0.632 bits per heavy atom. The second kappa shape index (κ2) is 10.7. The van der Waals surface area contributed by atoms with Gasteiger partial charge in [0.05, 0.1) is 6.10 Å². The molecule has 5 unspecified atom stereocenters. The molecule has 1 nitrogen and oxygen atoms in total. The molecule has 0 aliphatic rings. The Hall–Kier alpha value is -0.0400. The van der Waals surface area contributed by atoms with Crippen molar-refractivity contribution in [3.05, 3.63) is 0 Å². The van der Waals surface area contributed by atoms with Gasteiger partial charge < -0.3 is 5.11 Å². The van der Waals surface area contributed by atoms with E-state index in [2.05, 4.69) is 34.6 Å². The molecule has 0 amide bonds. The summed E-state index contributed by atoms with van der Waals surface area (Å²) >= 11 is 0. The Morgan fingerprint density at radius 3 is 1.37 bits per heavy atom. The number of hydrogen-bond donors (Lipinski definition) is 1. The molecule has 0 aromatic rings. The van der Waals surface area contributed by atoms with Gasteiger partial charge in [0.15, 0.2) is 0 Å². The van der Waals surface area contributed by atoms with E-state index in [-0.39, 0.29) is 6.10 Å². The molecule has 1 heteroatoms. The largest absolute Gasteiger partial charge is 0.393 e. The summed E-state index contributed by atoms with van der Waals surface area (Å²) in [4.78, 5) is 0. The fourth-order valence-electron chi connectivity index (χ4n) is 2.69. The zero-order chi connectivity index (χ0) is 14.8. The highest BCUT2D eigenvalue weighted by atomic mass is 16.3. The normalized spacial score (nSPS) is 19.7. The first-order valence-electron chi connectivity index (χ1n) is 8.56. The van der Waals surface area contributed by atoms with Crippen molar-refractivity contribution in [2.45, 2.75) is 92.6 Å². The van der Waals surface area contributed by atoms with E-state index in [4.69, 9.17) is 0 Å². The van der Waals surface area contributed by atoms with Gasteiger partial charge in [-0.1, -0.05) is 66.7 Å². The van der Waals surface area contributed by atoms with Gasteiger partial charge in [-0.05, 0) is 43.4 Å².